The monoisotopic (exact) mass is 357 g/mol. The molecule has 136 valence electrons. The molecule has 2 aromatic carbocycles. The first-order valence-electron chi connectivity index (χ1n) is 7.85. The number of rotatable bonds is 6. The number of carbonyl (C=O) groups is 2. The third kappa shape index (κ3) is 4.64. The maximum absolute atomic E-state index is 12.0. The highest BCUT2D eigenvalue weighted by molar-refractivity contribution is 6.39. The summed E-state index contributed by atoms with van der Waals surface area (Å²) in [4.78, 5) is 34.3. The molecule has 0 aliphatic carbocycles. The van der Waals surface area contributed by atoms with Gasteiger partial charge < -0.3 is 15.4 Å². The van der Waals surface area contributed by atoms with Crippen molar-refractivity contribution < 1.29 is 19.2 Å². The second-order valence-corrected chi connectivity index (χ2v) is 5.52. The third-order valence-corrected chi connectivity index (χ3v) is 3.82. The third-order valence-electron chi connectivity index (χ3n) is 3.82. The molecule has 2 N–H and O–H groups in total. The molecule has 0 saturated carbocycles. The van der Waals surface area contributed by atoms with Crippen LogP contribution in [-0.4, -0.2) is 30.4 Å². The highest BCUT2D eigenvalue weighted by Gasteiger charge is 2.21. The summed E-state index contributed by atoms with van der Waals surface area (Å²) in [7, 11) is 1.51. The van der Waals surface area contributed by atoms with Crippen LogP contribution in [0.4, 0.5) is 11.4 Å². The number of para-hydroxylation sites is 2. The van der Waals surface area contributed by atoms with Gasteiger partial charge in [0, 0.05) is 19.7 Å². The van der Waals surface area contributed by atoms with Crippen molar-refractivity contribution in [3.63, 3.8) is 0 Å². The van der Waals surface area contributed by atoms with Gasteiger partial charge in [0.25, 0.3) is 5.69 Å². The zero-order valence-electron chi connectivity index (χ0n) is 14.4. The van der Waals surface area contributed by atoms with Gasteiger partial charge in [-0.05, 0) is 24.1 Å². The fourth-order valence-electron chi connectivity index (χ4n) is 2.45. The number of nitrogens with zero attached hydrogens (tertiary/aromatic N) is 1. The second-order valence-electron chi connectivity index (χ2n) is 5.52. The summed E-state index contributed by atoms with van der Waals surface area (Å²) in [5.74, 6) is -1.89. The van der Waals surface area contributed by atoms with Gasteiger partial charge in [-0.25, -0.2) is 0 Å². The van der Waals surface area contributed by atoms with E-state index in [0.29, 0.717) is 0 Å². The van der Waals surface area contributed by atoms with E-state index in [9.17, 15) is 19.7 Å². The second kappa shape index (κ2) is 8.72. The number of aryl methyl sites for hydroxylation is 1. The Morgan fingerprint density at radius 2 is 1.77 bits per heavy atom. The maximum Gasteiger partial charge on any atom is 0.313 e. The molecule has 0 aliphatic rings. The summed E-state index contributed by atoms with van der Waals surface area (Å²) in [6.45, 7) is 2.01. The molecule has 0 aliphatic heterocycles. The molecule has 0 fully saturated rings. The van der Waals surface area contributed by atoms with E-state index < -0.39 is 22.8 Å². The van der Waals surface area contributed by atoms with Crippen molar-refractivity contribution in [1.82, 2.24) is 5.32 Å². The summed E-state index contributed by atoms with van der Waals surface area (Å²) in [5.41, 5.74) is 1.57. The lowest BCUT2D eigenvalue weighted by Gasteiger charge is -2.18. The molecule has 2 rings (SSSR count). The number of hydrogen-bond acceptors (Lipinski definition) is 5. The van der Waals surface area contributed by atoms with Gasteiger partial charge >= 0.3 is 11.8 Å². The molecule has 0 aromatic heterocycles. The molecule has 0 radical (unpaired) electrons. The van der Waals surface area contributed by atoms with Crippen molar-refractivity contribution in [2.45, 2.75) is 13.0 Å². The number of nitro groups is 1. The lowest BCUT2D eigenvalue weighted by molar-refractivity contribution is -0.383. The molecule has 8 nitrogen and oxygen atoms in total. The van der Waals surface area contributed by atoms with Gasteiger partial charge in [-0.1, -0.05) is 36.4 Å². The normalized spacial score (nSPS) is 11.5. The molecule has 2 amide bonds. The molecule has 0 spiro atoms. The smallest absolute Gasteiger partial charge is 0.313 e. The number of nitrogens with one attached hydrogen (secondary N) is 2. The van der Waals surface area contributed by atoms with Gasteiger partial charge in [0.2, 0.25) is 0 Å². The molecule has 2 aromatic rings. The Labute approximate surface area is 150 Å². The van der Waals surface area contributed by atoms with Crippen LogP contribution >= 0.6 is 0 Å². The number of methoxy groups -OCH3 is 1. The van der Waals surface area contributed by atoms with Gasteiger partial charge in [-0.2, -0.15) is 0 Å². The van der Waals surface area contributed by atoms with Crippen molar-refractivity contribution in [2.75, 3.05) is 19.0 Å². The van der Waals surface area contributed by atoms with E-state index >= 15 is 0 Å². The minimum absolute atomic E-state index is 0.0418. The van der Waals surface area contributed by atoms with Crippen LogP contribution in [0.1, 0.15) is 17.2 Å². The van der Waals surface area contributed by atoms with E-state index in [2.05, 4.69) is 10.6 Å². The van der Waals surface area contributed by atoms with Gasteiger partial charge in [-0.15, -0.1) is 0 Å². The van der Waals surface area contributed by atoms with Crippen LogP contribution in [0.3, 0.4) is 0 Å². The number of nitro benzene ring substituents is 1. The lowest BCUT2D eigenvalue weighted by Crippen LogP contribution is -2.38. The van der Waals surface area contributed by atoms with Crippen LogP contribution in [-0.2, 0) is 14.3 Å². The fourth-order valence-corrected chi connectivity index (χ4v) is 2.45. The first-order chi connectivity index (χ1) is 12.4. The Morgan fingerprint density at radius 1 is 1.12 bits per heavy atom. The largest absolute Gasteiger partial charge is 0.375 e. The Morgan fingerprint density at radius 3 is 2.42 bits per heavy atom. The molecule has 1 unspecified atom stereocenters. The standard InChI is InChI=1S/C18H19N3O5/c1-12-7-3-4-8-13(12)16(26-2)11-19-17(22)18(23)20-14-9-5-6-10-15(14)21(24)25/h3-10,16H,11H2,1-2H3,(H,19,22)(H,20,23). The molecule has 0 saturated heterocycles. The number of ether oxygens (including phenoxy) is 1. The Bertz CT molecular complexity index is 822. The molecule has 1 atom stereocenters. The van der Waals surface area contributed by atoms with Crippen LogP contribution in [0.25, 0.3) is 0 Å². The zero-order chi connectivity index (χ0) is 19.1. The average Bonchev–Trinajstić information content (AvgIpc) is 2.63. The van der Waals surface area contributed by atoms with E-state index in [4.69, 9.17) is 4.74 Å². The van der Waals surface area contributed by atoms with E-state index in [-0.39, 0.29) is 17.9 Å². The van der Waals surface area contributed by atoms with Crippen molar-refractivity contribution in [3.8, 4) is 0 Å². The molecule has 8 heteroatoms. The van der Waals surface area contributed by atoms with Crippen molar-refractivity contribution in [2.24, 2.45) is 0 Å². The summed E-state index contributed by atoms with van der Waals surface area (Å²) >= 11 is 0. The number of benzene rings is 2. The molecule has 26 heavy (non-hydrogen) atoms. The van der Waals surface area contributed by atoms with Crippen LogP contribution < -0.4 is 10.6 Å². The topological polar surface area (TPSA) is 111 Å². The summed E-state index contributed by atoms with van der Waals surface area (Å²) in [5, 5.41) is 15.7. The van der Waals surface area contributed by atoms with Crippen LogP contribution in [0.15, 0.2) is 48.5 Å². The SMILES string of the molecule is COC(CNC(=O)C(=O)Nc1ccccc1[N+](=O)[O-])c1ccccc1C. The van der Waals surface area contributed by atoms with Gasteiger partial charge in [-0.3, -0.25) is 19.7 Å². The number of carbonyl (C=O) groups excluding carboxylic acids is 2. The van der Waals surface area contributed by atoms with Crippen LogP contribution in [0, 0.1) is 17.0 Å². The van der Waals surface area contributed by atoms with E-state index in [1.54, 1.807) is 0 Å². The van der Waals surface area contributed by atoms with Crippen LogP contribution in [0.2, 0.25) is 0 Å². The quantitative estimate of drug-likeness (QED) is 0.468. The Hall–Kier alpha value is -3.26. The predicted octanol–water partition coefficient (Wildman–Crippen LogP) is 2.35. The highest BCUT2D eigenvalue weighted by atomic mass is 16.6. The van der Waals surface area contributed by atoms with Crippen molar-refractivity contribution in [1.29, 1.82) is 0 Å². The summed E-state index contributed by atoms with van der Waals surface area (Å²) in [6, 6.07) is 13.1. The number of amides is 2. The van der Waals surface area contributed by atoms with E-state index in [0.717, 1.165) is 11.1 Å². The minimum atomic E-state index is -0.987. The molecule has 0 heterocycles. The summed E-state index contributed by atoms with van der Waals surface area (Å²) < 4.78 is 5.38. The Kier molecular flexibility index (Phi) is 6.40. The number of anilines is 1. The molecule has 0 bridgehead atoms. The fraction of sp³-hybridized carbons (Fsp3) is 0.222. The average molecular weight is 357 g/mol. The first-order valence-corrected chi connectivity index (χ1v) is 7.85. The number of hydrogen-bond donors (Lipinski definition) is 2. The molecular formula is C18H19N3O5. The van der Waals surface area contributed by atoms with E-state index in [1.807, 2.05) is 31.2 Å². The lowest BCUT2D eigenvalue weighted by atomic mass is 10.0. The van der Waals surface area contributed by atoms with Crippen molar-refractivity contribution in [3.05, 3.63) is 69.8 Å². The Balaban J connectivity index is 2.00. The van der Waals surface area contributed by atoms with E-state index in [1.165, 1.54) is 31.4 Å². The maximum atomic E-state index is 12.0. The highest BCUT2D eigenvalue weighted by Crippen LogP contribution is 2.23. The van der Waals surface area contributed by atoms with Crippen molar-refractivity contribution >= 4 is 23.2 Å². The van der Waals surface area contributed by atoms with Crippen LogP contribution in [0.5, 0.6) is 0 Å². The minimum Gasteiger partial charge on any atom is -0.375 e. The zero-order valence-corrected chi connectivity index (χ0v) is 14.4. The first kappa shape index (κ1) is 19.1. The predicted molar refractivity (Wildman–Crippen MR) is 95.7 cm³/mol. The van der Waals surface area contributed by atoms with Gasteiger partial charge in [0.1, 0.15) is 5.69 Å². The summed E-state index contributed by atoms with van der Waals surface area (Å²) in [6.07, 6.45) is -0.418. The van der Waals surface area contributed by atoms with Gasteiger partial charge in [0.15, 0.2) is 0 Å². The van der Waals surface area contributed by atoms with Gasteiger partial charge in [0.05, 0.1) is 11.0 Å². The molecular weight excluding hydrogens is 338 g/mol.